The summed E-state index contributed by atoms with van der Waals surface area (Å²) in [5.41, 5.74) is 3.82. The highest BCUT2D eigenvalue weighted by Crippen LogP contribution is 2.31. The lowest BCUT2D eigenvalue weighted by Gasteiger charge is -2.18. The summed E-state index contributed by atoms with van der Waals surface area (Å²) in [4.78, 5) is 15.0. The molecule has 0 aliphatic heterocycles. The molecule has 3 nitrogen and oxygen atoms in total. The second-order valence-electron chi connectivity index (χ2n) is 6.17. The van der Waals surface area contributed by atoms with Gasteiger partial charge in [0.1, 0.15) is 6.10 Å². The highest BCUT2D eigenvalue weighted by atomic mass is 16.3. The van der Waals surface area contributed by atoms with Crippen molar-refractivity contribution in [2.45, 2.75) is 6.10 Å². The molecule has 0 spiro atoms. The van der Waals surface area contributed by atoms with Gasteiger partial charge in [0.15, 0.2) is 5.78 Å². The Kier molecular flexibility index (Phi) is 4.96. The van der Waals surface area contributed by atoms with E-state index in [-0.39, 0.29) is 5.78 Å². The molecule has 0 bridgehead atoms. The molecule has 0 aliphatic carbocycles. The van der Waals surface area contributed by atoms with Crippen molar-refractivity contribution in [2.75, 3.05) is 19.0 Å². The van der Waals surface area contributed by atoms with Gasteiger partial charge in [-0.1, -0.05) is 66.7 Å². The lowest BCUT2D eigenvalue weighted by atomic mass is 9.92. The maximum Gasteiger partial charge on any atom is 0.196 e. The fourth-order valence-electron chi connectivity index (χ4n) is 2.82. The molecule has 25 heavy (non-hydrogen) atoms. The van der Waals surface area contributed by atoms with E-state index in [4.69, 9.17) is 0 Å². The molecule has 3 aromatic carbocycles. The number of hydrogen-bond acceptors (Lipinski definition) is 3. The van der Waals surface area contributed by atoms with Crippen LogP contribution in [0.3, 0.4) is 0 Å². The number of Topliss-reactive ketones (excluding diaryl/α,β-unsaturated/α-hetero) is 1. The van der Waals surface area contributed by atoms with E-state index in [1.807, 2.05) is 85.7 Å². The van der Waals surface area contributed by atoms with Crippen LogP contribution in [-0.2, 0) is 0 Å². The summed E-state index contributed by atoms with van der Waals surface area (Å²) in [5, 5.41) is 10.6. The molecule has 1 unspecified atom stereocenters. The molecule has 0 heterocycles. The number of nitrogens with zero attached hydrogens (tertiary/aromatic N) is 1. The fraction of sp³-hybridized carbons (Fsp3) is 0.136. The van der Waals surface area contributed by atoms with Gasteiger partial charge in [-0.3, -0.25) is 4.79 Å². The predicted octanol–water partition coefficient (Wildman–Crippen LogP) is 4.34. The summed E-state index contributed by atoms with van der Waals surface area (Å²) in [7, 11) is 3.86. The maximum atomic E-state index is 13.0. The van der Waals surface area contributed by atoms with Crippen LogP contribution in [0.15, 0.2) is 78.9 Å². The van der Waals surface area contributed by atoms with Crippen molar-refractivity contribution < 1.29 is 9.90 Å². The van der Waals surface area contributed by atoms with E-state index in [1.54, 1.807) is 12.1 Å². The van der Waals surface area contributed by atoms with Gasteiger partial charge in [-0.05, 0) is 28.8 Å². The third-order valence-corrected chi connectivity index (χ3v) is 4.23. The molecule has 1 atom stereocenters. The number of ketones is 1. The largest absolute Gasteiger partial charge is 0.380 e. The number of aliphatic hydroxyl groups excluding tert-OH is 1. The number of benzene rings is 3. The van der Waals surface area contributed by atoms with Crippen LogP contribution in [0.4, 0.5) is 5.69 Å². The summed E-state index contributed by atoms with van der Waals surface area (Å²) in [6.07, 6.45) is -1.18. The van der Waals surface area contributed by atoms with Gasteiger partial charge >= 0.3 is 0 Å². The Bertz CT molecular complexity index is 858. The molecule has 0 radical (unpaired) electrons. The molecule has 1 N–H and O–H groups in total. The number of anilines is 1. The zero-order chi connectivity index (χ0) is 17.8. The molecule has 0 saturated carbocycles. The van der Waals surface area contributed by atoms with Crippen LogP contribution in [0.2, 0.25) is 0 Å². The smallest absolute Gasteiger partial charge is 0.196 e. The summed E-state index contributed by atoms with van der Waals surface area (Å²) >= 11 is 0. The van der Waals surface area contributed by atoms with Crippen molar-refractivity contribution in [3.05, 3.63) is 90.0 Å². The second kappa shape index (κ2) is 7.32. The molecule has 0 fully saturated rings. The molecule has 0 aromatic heterocycles. The van der Waals surface area contributed by atoms with Gasteiger partial charge in [0, 0.05) is 25.3 Å². The summed E-state index contributed by atoms with van der Waals surface area (Å²) in [6.45, 7) is 0. The van der Waals surface area contributed by atoms with Crippen molar-refractivity contribution in [2.24, 2.45) is 0 Å². The Balaban J connectivity index is 2.09. The van der Waals surface area contributed by atoms with Gasteiger partial charge in [-0.2, -0.15) is 0 Å². The van der Waals surface area contributed by atoms with Gasteiger partial charge in [-0.25, -0.2) is 0 Å². The monoisotopic (exact) mass is 331 g/mol. The van der Waals surface area contributed by atoms with Crippen molar-refractivity contribution in [1.29, 1.82) is 0 Å². The van der Waals surface area contributed by atoms with Crippen LogP contribution in [0.1, 0.15) is 22.0 Å². The molecule has 3 heteroatoms. The normalized spacial score (nSPS) is 11.8. The predicted molar refractivity (Wildman–Crippen MR) is 102 cm³/mol. The second-order valence-corrected chi connectivity index (χ2v) is 6.17. The first-order valence-electron chi connectivity index (χ1n) is 8.22. The maximum absolute atomic E-state index is 13.0. The van der Waals surface area contributed by atoms with E-state index in [0.717, 1.165) is 16.8 Å². The first-order chi connectivity index (χ1) is 12.1. The van der Waals surface area contributed by atoms with Gasteiger partial charge in [0.2, 0.25) is 0 Å². The molecular weight excluding hydrogens is 310 g/mol. The molecular formula is C22H21NO2. The van der Waals surface area contributed by atoms with Crippen LogP contribution in [-0.4, -0.2) is 25.0 Å². The van der Waals surface area contributed by atoms with Gasteiger partial charge in [0.05, 0.1) is 0 Å². The van der Waals surface area contributed by atoms with E-state index in [2.05, 4.69) is 0 Å². The summed E-state index contributed by atoms with van der Waals surface area (Å²) < 4.78 is 0. The quantitative estimate of drug-likeness (QED) is 0.707. The zero-order valence-electron chi connectivity index (χ0n) is 14.4. The van der Waals surface area contributed by atoms with Crippen molar-refractivity contribution in [3.63, 3.8) is 0 Å². The fourth-order valence-corrected chi connectivity index (χ4v) is 2.82. The van der Waals surface area contributed by atoms with Gasteiger partial charge < -0.3 is 10.0 Å². The standard InChI is InChI=1S/C22H21NO2/c1-23(2)18-13-14-19(16-9-5-3-6-10-16)20(15-18)22(25)21(24)17-11-7-4-8-12-17/h3-15,21,24H,1-2H3. The van der Waals surface area contributed by atoms with Crippen LogP contribution in [0, 0.1) is 0 Å². The van der Waals surface area contributed by atoms with Gasteiger partial charge in [0.25, 0.3) is 0 Å². The van der Waals surface area contributed by atoms with Crippen LogP contribution >= 0.6 is 0 Å². The number of hydrogen-bond donors (Lipinski definition) is 1. The van der Waals surface area contributed by atoms with Crippen LogP contribution in [0.5, 0.6) is 0 Å². The van der Waals surface area contributed by atoms with Crippen LogP contribution < -0.4 is 4.90 Å². The Morgan fingerprint density at radius 2 is 1.48 bits per heavy atom. The minimum atomic E-state index is -1.18. The van der Waals surface area contributed by atoms with E-state index in [1.165, 1.54) is 0 Å². The molecule has 0 amide bonds. The van der Waals surface area contributed by atoms with E-state index in [0.29, 0.717) is 11.1 Å². The molecule has 126 valence electrons. The zero-order valence-corrected chi connectivity index (χ0v) is 14.4. The SMILES string of the molecule is CN(C)c1ccc(-c2ccccc2)c(C(=O)C(O)c2ccccc2)c1. The Labute approximate surface area is 148 Å². The number of carbonyl (C=O) groups excluding carboxylic acids is 1. The van der Waals surface area contributed by atoms with Crippen molar-refractivity contribution >= 4 is 11.5 Å². The van der Waals surface area contributed by atoms with Crippen molar-refractivity contribution in [3.8, 4) is 11.1 Å². The van der Waals surface area contributed by atoms with Gasteiger partial charge in [-0.15, -0.1) is 0 Å². The number of rotatable bonds is 5. The van der Waals surface area contributed by atoms with E-state index >= 15 is 0 Å². The van der Waals surface area contributed by atoms with E-state index in [9.17, 15) is 9.90 Å². The number of carbonyl (C=O) groups is 1. The Morgan fingerprint density at radius 1 is 0.880 bits per heavy atom. The lowest BCUT2D eigenvalue weighted by Crippen LogP contribution is -2.15. The molecule has 0 aliphatic rings. The lowest BCUT2D eigenvalue weighted by molar-refractivity contribution is 0.0748. The van der Waals surface area contributed by atoms with Crippen molar-refractivity contribution in [1.82, 2.24) is 0 Å². The Hall–Kier alpha value is -2.91. The first-order valence-corrected chi connectivity index (χ1v) is 8.22. The highest BCUT2D eigenvalue weighted by molar-refractivity contribution is 6.06. The minimum Gasteiger partial charge on any atom is -0.380 e. The minimum absolute atomic E-state index is 0.297. The average molecular weight is 331 g/mol. The topological polar surface area (TPSA) is 40.5 Å². The average Bonchev–Trinajstić information content (AvgIpc) is 2.67. The molecule has 0 saturated heterocycles. The first kappa shape index (κ1) is 16.9. The van der Waals surface area contributed by atoms with E-state index < -0.39 is 6.10 Å². The molecule has 3 aromatic rings. The molecule has 3 rings (SSSR count). The Morgan fingerprint density at radius 3 is 2.08 bits per heavy atom. The third-order valence-electron chi connectivity index (χ3n) is 4.23. The number of aliphatic hydroxyl groups is 1. The van der Waals surface area contributed by atoms with Crippen LogP contribution in [0.25, 0.3) is 11.1 Å². The summed E-state index contributed by atoms with van der Waals surface area (Å²) in [5.74, 6) is -0.297. The highest BCUT2D eigenvalue weighted by Gasteiger charge is 2.23. The third kappa shape index (κ3) is 3.62. The summed E-state index contributed by atoms with van der Waals surface area (Å²) in [6, 6.07) is 24.6.